The molecule has 0 saturated carbocycles. The molecule has 0 aliphatic rings. The van der Waals surface area contributed by atoms with E-state index in [4.69, 9.17) is 23.2 Å². The molecule has 0 heterocycles. The number of amides is 1. The van der Waals surface area contributed by atoms with E-state index in [2.05, 4.69) is 5.32 Å². The first-order valence-corrected chi connectivity index (χ1v) is 11.2. The molecule has 0 atom stereocenters. The molecule has 1 amide bonds. The lowest BCUT2D eigenvalue weighted by atomic mass is 10.1. The molecular formula is C21H18Cl2N2O3S. The Morgan fingerprint density at radius 3 is 2.24 bits per heavy atom. The van der Waals surface area contributed by atoms with E-state index >= 15 is 0 Å². The molecule has 3 rings (SSSR count). The summed E-state index contributed by atoms with van der Waals surface area (Å²) >= 11 is 11.9. The van der Waals surface area contributed by atoms with Crippen molar-refractivity contribution in [2.75, 3.05) is 15.9 Å². The molecule has 3 aromatic rings. The number of hydrogen-bond acceptors (Lipinski definition) is 3. The maximum absolute atomic E-state index is 12.9. The summed E-state index contributed by atoms with van der Waals surface area (Å²) in [7, 11) is -3.64. The second-order valence-electron chi connectivity index (χ2n) is 6.36. The fourth-order valence-corrected chi connectivity index (χ4v) is 3.98. The minimum atomic E-state index is -3.64. The molecule has 0 saturated heterocycles. The number of carbonyl (C=O) groups excluding carboxylic acids is 1. The van der Waals surface area contributed by atoms with Gasteiger partial charge in [0, 0.05) is 5.69 Å². The Morgan fingerprint density at radius 1 is 0.931 bits per heavy atom. The first-order valence-electron chi connectivity index (χ1n) is 8.63. The van der Waals surface area contributed by atoms with Crippen LogP contribution in [0.2, 0.25) is 10.0 Å². The Kier molecular flexibility index (Phi) is 6.47. The number of sulfonamides is 1. The van der Waals surface area contributed by atoms with Gasteiger partial charge in [-0.2, -0.15) is 0 Å². The predicted molar refractivity (Wildman–Crippen MR) is 118 cm³/mol. The highest BCUT2D eigenvalue weighted by Gasteiger charge is 2.23. The third kappa shape index (κ3) is 5.29. The van der Waals surface area contributed by atoms with E-state index in [1.807, 2.05) is 30.3 Å². The van der Waals surface area contributed by atoms with Crippen molar-refractivity contribution >= 4 is 50.5 Å². The summed E-state index contributed by atoms with van der Waals surface area (Å²) in [4.78, 5) is 12.9. The maximum Gasteiger partial charge on any atom is 0.257 e. The predicted octanol–water partition coefficient (Wildman–Crippen LogP) is 5.21. The Hall–Kier alpha value is -2.54. The summed E-state index contributed by atoms with van der Waals surface area (Å²) in [5.41, 5.74) is 1.77. The van der Waals surface area contributed by atoms with Crippen LogP contribution in [0.5, 0.6) is 0 Å². The van der Waals surface area contributed by atoms with Crippen LogP contribution in [0.15, 0.2) is 72.8 Å². The Balaban J connectivity index is 1.96. The van der Waals surface area contributed by atoms with Crippen molar-refractivity contribution in [2.24, 2.45) is 0 Å². The molecule has 3 aromatic carbocycles. The van der Waals surface area contributed by atoms with Gasteiger partial charge in [0.15, 0.2) is 0 Å². The highest BCUT2D eigenvalue weighted by Crippen LogP contribution is 2.28. The van der Waals surface area contributed by atoms with E-state index in [-0.39, 0.29) is 17.8 Å². The molecule has 0 bridgehead atoms. The third-order valence-electron chi connectivity index (χ3n) is 4.16. The number of benzene rings is 3. The summed E-state index contributed by atoms with van der Waals surface area (Å²) in [6.07, 6.45) is 1.11. The molecule has 0 aliphatic heterocycles. The van der Waals surface area contributed by atoms with Crippen molar-refractivity contribution in [1.29, 1.82) is 0 Å². The number of halogens is 2. The van der Waals surface area contributed by atoms with Crippen LogP contribution in [0, 0.1) is 0 Å². The number of rotatable bonds is 6. The zero-order chi connectivity index (χ0) is 21.0. The minimum absolute atomic E-state index is 0.108. The maximum atomic E-state index is 12.9. The second kappa shape index (κ2) is 8.86. The van der Waals surface area contributed by atoms with Gasteiger partial charge in [0.05, 0.1) is 34.1 Å². The molecule has 0 radical (unpaired) electrons. The van der Waals surface area contributed by atoms with Crippen molar-refractivity contribution in [3.8, 4) is 0 Å². The summed E-state index contributed by atoms with van der Waals surface area (Å²) in [6.45, 7) is 0.108. The van der Waals surface area contributed by atoms with Gasteiger partial charge in [0.25, 0.3) is 5.91 Å². The van der Waals surface area contributed by atoms with E-state index in [0.29, 0.717) is 15.7 Å². The van der Waals surface area contributed by atoms with Crippen LogP contribution in [-0.4, -0.2) is 20.6 Å². The first kappa shape index (κ1) is 21.2. The smallest absolute Gasteiger partial charge is 0.257 e. The number of carbonyl (C=O) groups is 1. The number of para-hydroxylation sites is 1. The van der Waals surface area contributed by atoms with Crippen LogP contribution < -0.4 is 9.62 Å². The number of hydrogen-bond donors (Lipinski definition) is 1. The topological polar surface area (TPSA) is 66.5 Å². The Bertz CT molecular complexity index is 1140. The van der Waals surface area contributed by atoms with Gasteiger partial charge in [0.2, 0.25) is 10.0 Å². The van der Waals surface area contributed by atoms with Crippen LogP contribution in [0.1, 0.15) is 15.9 Å². The lowest BCUT2D eigenvalue weighted by Gasteiger charge is -2.24. The van der Waals surface area contributed by atoms with Crippen LogP contribution in [0.3, 0.4) is 0 Å². The monoisotopic (exact) mass is 448 g/mol. The SMILES string of the molecule is CS(=O)(=O)N(Cc1ccccc1)c1ccccc1C(=O)Nc1ccc(Cl)c(Cl)c1. The van der Waals surface area contributed by atoms with Crippen molar-refractivity contribution in [2.45, 2.75) is 6.54 Å². The first-order chi connectivity index (χ1) is 13.8. The van der Waals surface area contributed by atoms with E-state index in [1.54, 1.807) is 36.4 Å². The third-order valence-corrected chi connectivity index (χ3v) is 6.03. The van der Waals surface area contributed by atoms with Crippen molar-refractivity contribution in [3.63, 3.8) is 0 Å². The van der Waals surface area contributed by atoms with Gasteiger partial charge < -0.3 is 5.32 Å². The Labute approximate surface area is 179 Å². The molecule has 0 aliphatic carbocycles. The van der Waals surface area contributed by atoms with E-state index in [0.717, 1.165) is 11.8 Å². The summed E-state index contributed by atoms with van der Waals surface area (Å²) in [6, 6.07) is 20.4. The average Bonchev–Trinajstić information content (AvgIpc) is 2.69. The van der Waals surface area contributed by atoms with Gasteiger partial charge in [-0.05, 0) is 35.9 Å². The molecule has 8 heteroatoms. The normalized spacial score (nSPS) is 11.1. The molecule has 0 aromatic heterocycles. The zero-order valence-electron chi connectivity index (χ0n) is 15.5. The van der Waals surface area contributed by atoms with E-state index in [9.17, 15) is 13.2 Å². The highest BCUT2D eigenvalue weighted by molar-refractivity contribution is 7.92. The molecule has 0 fully saturated rings. The largest absolute Gasteiger partial charge is 0.322 e. The quantitative estimate of drug-likeness (QED) is 0.562. The zero-order valence-corrected chi connectivity index (χ0v) is 17.8. The highest BCUT2D eigenvalue weighted by atomic mass is 35.5. The van der Waals surface area contributed by atoms with Crippen LogP contribution >= 0.6 is 23.2 Å². The second-order valence-corrected chi connectivity index (χ2v) is 9.08. The lowest BCUT2D eigenvalue weighted by Crippen LogP contribution is -2.31. The summed E-state index contributed by atoms with van der Waals surface area (Å²) in [5.74, 6) is -0.458. The standard InChI is InChI=1S/C21H18Cl2N2O3S/c1-29(27,28)25(14-15-7-3-2-4-8-15)20-10-6-5-9-17(20)21(26)24-16-11-12-18(22)19(23)13-16/h2-13H,14H2,1H3,(H,24,26). The molecular weight excluding hydrogens is 431 g/mol. The minimum Gasteiger partial charge on any atom is -0.322 e. The fourth-order valence-electron chi connectivity index (χ4n) is 2.79. The van der Waals surface area contributed by atoms with Gasteiger partial charge in [-0.3, -0.25) is 9.10 Å². The van der Waals surface area contributed by atoms with Crippen molar-refractivity contribution in [3.05, 3.63) is 94.0 Å². The number of nitrogens with one attached hydrogen (secondary N) is 1. The number of nitrogens with zero attached hydrogens (tertiary/aromatic N) is 1. The van der Waals surface area contributed by atoms with E-state index in [1.165, 1.54) is 10.4 Å². The molecule has 150 valence electrons. The van der Waals surface area contributed by atoms with Gasteiger partial charge in [-0.25, -0.2) is 8.42 Å². The van der Waals surface area contributed by atoms with Crippen molar-refractivity contribution in [1.82, 2.24) is 0 Å². The average molecular weight is 449 g/mol. The van der Waals surface area contributed by atoms with Crippen LogP contribution in [0.4, 0.5) is 11.4 Å². The van der Waals surface area contributed by atoms with Crippen molar-refractivity contribution < 1.29 is 13.2 Å². The van der Waals surface area contributed by atoms with Gasteiger partial charge in [-0.1, -0.05) is 65.7 Å². The van der Waals surface area contributed by atoms with Crippen LogP contribution in [0.25, 0.3) is 0 Å². The molecule has 1 N–H and O–H groups in total. The molecule has 0 spiro atoms. The lowest BCUT2D eigenvalue weighted by molar-refractivity contribution is 0.102. The van der Waals surface area contributed by atoms with E-state index < -0.39 is 15.9 Å². The number of anilines is 2. The van der Waals surface area contributed by atoms with Gasteiger partial charge in [0.1, 0.15) is 0 Å². The Morgan fingerprint density at radius 2 is 1.59 bits per heavy atom. The molecule has 29 heavy (non-hydrogen) atoms. The summed E-state index contributed by atoms with van der Waals surface area (Å²) in [5, 5.41) is 3.41. The fraction of sp³-hybridized carbons (Fsp3) is 0.0952. The van der Waals surface area contributed by atoms with Crippen LogP contribution in [-0.2, 0) is 16.6 Å². The molecule has 5 nitrogen and oxygen atoms in total. The van der Waals surface area contributed by atoms with Gasteiger partial charge >= 0.3 is 0 Å². The summed E-state index contributed by atoms with van der Waals surface area (Å²) < 4.78 is 26.2. The van der Waals surface area contributed by atoms with Gasteiger partial charge in [-0.15, -0.1) is 0 Å². The molecule has 0 unspecified atom stereocenters.